The number of urea groups is 1. The van der Waals surface area contributed by atoms with Gasteiger partial charge in [-0.2, -0.15) is 0 Å². The molecule has 0 aliphatic heterocycles. The lowest BCUT2D eigenvalue weighted by Gasteiger charge is -2.13. The molecule has 0 fully saturated rings. The fraction of sp³-hybridized carbons (Fsp3) is 0.417. The summed E-state index contributed by atoms with van der Waals surface area (Å²) in [6.07, 6.45) is 1.50. The first-order chi connectivity index (χ1) is 8.67. The number of rotatable bonds is 7. The Hall–Kier alpha value is -1.79. The van der Waals surface area contributed by atoms with Crippen LogP contribution in [0.4, 0.5) is 10.5 Å². The minimum absolute atomic E-state index is 0.496. The Kier molecular flexibility index (Phi) is 5.96. The fourth-order valence-electron chi connectivity index (χ4n) is 1.51. The number of carbonyl (C=O) groups excluding carboxylic acids is 1. The smallest absolute Gasteiger partial charge is 0.316 e. The Bertz CT molecular complexity index is 396. The van der Waals surface area contributed by atoms with Gasteiger partial charge in [-0.15, -0.1) is 0 Å². The molecule has 0 aliphatic carbocycles. The predicted molar refractivity (Wildman–Crippen MR) is 71.6 cm³/mol. The summed E-state index contributed by atoms with van der Waals surface area (Å²) in [5, 5.41) is 2.52. The van der Waals surface area contributed by atoms with E-state index in [1.165, 1.54) is 0 Å². The molecule has 0 aliphatic rings. The van der Waals surface area contributed by atoms with Crippen LogP contribution in [0, 0.1) is 0 Å². The van der Waals surface area contributed by atoms with Crippen LogP contribution in [0.3, 0.4) is 0 Å². The number of nitrogens with two attached hydrogens (primary N) is 3. The highest BCUT2D eigenvalue weighted by molar-refractivity contribution is 5.89. The number of hydrogen-bond donors (Lipinski definition) is 4. The zero-order valence-electron chi connectivity index (χ0n) is 10.3. The molecule has 1 aromatic rings. The van der Waals surface area contributed by atoms with Gasteiger partial charge in [0, 0.05) is 0 Å². The largest absolute Gasteiger partial charge is 0.491 e. The Labute approximate surface area is 106 Å². The highest BCUT2D eigenvalue weighted by Gasteiger charge is 2.07. The van der Waals surface area contributed by atoms with E-state index in [1.54, 1.807) is 6.07 Å². The van der Waals surface area contributed by atoms with Crippen molar-refractivity contribution in [2.45, 2.75) is 12.8 Å². The van der Waals surface area contributed by atoms with E-state index in [9.17, 15) is 4.79 Å². The molecule has 0 bridgehead atoms. The third-order valence-electron chi connectivity index (χ3n) is 2.34. The van der Waals surface area contributed by atoms with Crippen molar-refractivity contribution in [3.8, 4) is 5.75 Å². The molecule has 7 N–H and O–H groups in total. The number of hydrogen-bond acceptors (Lipinski definition) is 4. The van der Waals surface area contributed by atoms with Crippen LogP contribution in [0.1, 0.15) is 12.0 Å². The van der Waals surface area contributed by atoms with Gasteiger partial charge in [0.15, 0.2) is 0 Å². The average molecular weight is 252 g/mol. The third-order valence-corrected chi connectivity index (χ3v) is 2.34. The molecule has 6 heteroatoms. The standard InChI is InChI=1S/C12H20N4O2/c13-5-1-7-18-11-8-9(4-6-14)2-3-10(11)16-12(15)17/h2-3,8H,1,4-7,13-14H2,(H3,15,16,17). The summed E-state index contributed by atoms with van der Waals surface area (Å²) in [4.78, 5) is 10.9. The van der Waals surface area contributed by atoms with E-state index in [1.807, 2.05) is 12.1 Å². The molecule has 1 rings (SSSR count). The summed E-state index contributed by atoms with van der Waals surface area (Å²) in [5.74, 6) is 0.591. The number of primary amides is 1. The topological polar surface area (TPSA) is 116 Å². The predicted octanol–water partition coefficient (Wildman–Crippen LogP) is 0.406. The van der Waals surface area contributed by atoms with E-state index in [0.717, 1.165) is 18.4 Å². The lowest BCUT2D eigenvalue weighted by atomic mass is 10.1. The number of ether oxygens (including phenoxy) is 1. The van der Waals surface area contributed by atoms with Crippen LogP contribution in [0.2, 0.25) is 0 Å². The maximum atomic E-state index is 10.9. The number of benzene rings is 1. The number of amides is 2. The normalized spacial score (nSPS) is 10.1. The van der Waals surface area contributed by atoms with E-state index in [2.05, 4.69) is 5.32 Å². The zero-order chi connectivity index (χ0) is 13.4. The zero-order valence-corrected chi connectivity index (χ0v) is 10.3. The molecule has 2 amide bonds. The van der Waals surface area contributed by atoms with Crippen molar-refractivity contribution in [1.29, 1.82) is 0 Å². The first-order valence-corrected chi connectivity index (χ1v) is 5.89. The van der Waals surface area contributed by atoms with Gasteiger partial charge in [0.25, 0.3) is 0 Å². The molecule has 100 valence electrons. The van der Waals surface area contributed by atoms with Gasteiger partial charge in [-0.3, -0.25) is 0 Å². The van der Waals surface area contributed by atoms with Crippen molar-refractivity contribution in [3.05, 3.63) is 23.8 Å². The van der Waals surface area contributed by atoms with Crippen molar-refractivity contribution < 1.29 is 9.53 Å². The van der Waals surface area contributed by atoms with Crippen molar-refractivity contribution in [2.24, 2.45) is 17.2 Å². The highest BCUT2D eigenvalue weighted by Crippen LogP contribution is 2.26. The molecule has 1 aromatic carbocycles. The Morgan fingerprint density at radius 2 is 2.06 bits per heavy atom. The van der Waals surface area contributed by atoms with E-state index in [0.29, 0.717) is 31.1 Å². The molecular formula is C12H20N4O2. The molecule has 0 spiro atoms. The fourth-order valence-corrected chi connectivity index (χ4v) is 1.51. The monoisotopic (exact) mass is 252 g/mol. The third kappa shape index (κ3) is 4.60. The summed E-state index contributed by atoms with van der Waals surface area (Å²) >= 11 is 0. The van der Waals surface area contributed by atoms with Crippen LogP contribution in [-0.4, -0.2) is 25.7 Å². The lowest BCUT2D eigenvalue weighted by Crippen LogP contribution is -2.20. The van der Waals surface area contributed by atoms with E-state index in [-0.39, 0.29) is 0 Å². The highest BCUT2D eigenvalue weighted by atomic mass is 16.5. The maximum Gasteiger partial charge on any atom is 0.316 e. The average Bonchev–Trinajstić information content (AvgIpc) is 2.32. The molecule has 0 heterocycles. The van der Waals surface area contributed by atoms with Crippen LogP contribution in [0.5, 0.6) is 5.75 Å². The molecule has 6 nitrogen and oxygen atoms in total. The van der Waals surface area contributed by atoms with Crippen LogP contribution in [0.15, 0.2) is 18.2 Å². The second-order valence-electron chi connectivity index (χ2n) is 3.85. The minimum atomic E-state index is -0.620. The molecular weight excluding hydrogens is 232 g/mol. The van der Waals surface area contributed by atoms with Crippen molar-refractivity contribution >= 4 is 11.7 Å². The van der Waals surface area contributed by atoms with Crippen molar-refractivity contribution in [2.75, 3.05) is 25.0 Å². The van der Waals surface area contributed by atoms with Crippen LogP contribution in [0.25, 0.3) is 0 Å². The van der Waals surface area contributed by atoms with Gasteiger partial charge in [0.2, 0.25) is 0 Å². The Balaban J connectivity index is 2.83. The van der Waals surface area contributed by atoms with Crippen molar-refractivity contribution in [1.82, 2.24) is 0 Å². The number of anilines is 1. The number of nitrogens with one attached hydrogen (secondary N) is 1. The van der Waals surface area contributed by atoms with Crippen LogP contribution < -0.4 is 27.3 Å². The second kappa shape index (κ2) is 7.52. The van der Waals surface area contributed by atoms with Gasteiger partial charge < -0.3 is 27.3 Å². The minimum Gasteiger partial charge on any atom is -0.491 e. The van der Waals surface area contributed by atoms with E-state index < -0.39 is 6.03 Å². The SMILES string of the molecule is NCCCOc1cc(CCN)ccc1NC(N)=O. The first kappa shape index (κ1) is 14.3. The van der Waals surface area contributed by atoms with Gasteiger partial charge >= 0.3 is 6.03 Å². The molecule has 0 atom stereocenters. The molecule has 0 radical (unpaired) electrons. The van der Waals surface area contributed by atoms with Gasteiger partial charge in [0.05, 0.1) is 12.3 Å². The van der Waals surface area contributed by atoms with Gasteiger partial charge in [0.1, 0.15) is 5.75 Å². The van der Waals surface area contributed by atoms with Gasteiger partial charge in [-0.05, 0) is 43.6 Å². The van der Waals surface area contributed by atoms with Crippen molar-refractivity contribution in [3.63, 3.8) is 0 Å². The van der Waals surface area contributed by atoms with Crippen LogP contribution in [-0.2, 0) is 6.42 Å². The van der Waals surface area contributed by atoms with E-state index >= 15 is 0 Å². The lowest BCUT2D eigenvalue weighted by molar-refractivity contribution is 0.259. The summed E-state index contributed by atoms with van der Waals surface area (Å²) in [5.41, 5.74) is 17.6. The quantitative estimate of drug-likeness (QED) is 0.526. The molecule has 18 heavy (non-hydrogen) atoms. The summed E-state index contributed by atoms with van der Waals surface area (Å²) in [6, 6.07) is 4.88. The van der Waals surface area contributed by atoms with Gasteiger partial charge in [-0.1, -0.05) is 6.07 Å². The van der Waals surface area contributed by atoms with Gasteiger partial charge in [-0.25, -0.2) is 4.79 Å². The maximum absolute atomic E-state index is 10.9. The Morgan fingerprint density at radius 3 is 2.67 bits per heavy atom. The summed E-state index contributed by atoms with van der Waals surface area (Å²) < 4.78 is 5.57. The molecule has 0 saturated heterocycles. The summed E-state index contributed by atoms with van der Waals surface area (Å²) in [6.45, 7) is 1.61. The van der Waals surface area contributed by atoms with Crippen LogP contribution >= 0.6 is 0 Å². The molecule has 0 aromatic heterocycles. The van der Waals surface area contributed by atoms with E-state index in [4.69, 9.17) is 21.9 Å². The number of carbonyl (C=O) groups is 1. The Morgan fingerprint density at radius 1 is 1.28 bits per heavy atom. The second-order valence-corrected chi connectivity index (χ2v) is 3.85. The molecule has 0 unspecified atom stereocenters. The molecule has 0 saturated carbocycles. The first-order valence-electron chi connectivity index (χ1n) is 5.89. The summed E-state index contributed by atoms with van der Waals surface area (Å²) in [7, 11) is 0.